The Morgan fingerprint density at radius 3 is 2.25 bits per heavy atom. The first-order valence-electron chi connectivity index (χ1n) is 4.69. The third-order valence-electron chi connectivity index (χ3n) is 3.12. The van der Waals surface area contributed by atoms with E-state index >= 15 is 0 Å². The summed E-state index contributed by atoms with van der Waals surface area (Å²) in [4.78, 5) is 10.8. The molecular weight excluding hydrogens is 154 g/mol. The molecule has 2 bridgehead atoms. The fourth-order valence-electron chi connectivity index (χ4n) is 2.59. The molecule has 0 amide bonds. The average molecular weight is 169 g/mol. The van der Waals surface area contributed by atoms with Gasteiger partial charge in [0.15, 0.2) is 0 Å². The van der Waals surface area contributed by atoms with E-state index in [-0.39, 0.29) is 5.92 Å². The second-order valence-corrected chi connectivity index (χ2v) is 4.13. The zero-order valence-corrected chi connectivity index (χ0v) is 7.12. The zero-order chi connectivity index (χ0) is 8.55. The summed E-state index contributed by atoms with van der Waals surface area (Å²) < 4.78 is 0. The summed E-state index contributed by atoms with van der Waals surface area (Å²) in [6, 6.07) is 0. The summed E-state index contributed by atoms with van der Waals surface area (Å²) >= 11 is 0. The predicted molar refractivity (Wildman–Crippen MR) is 44.8 cm³/mol. The molecule has 1 saturated heterocycles. The number of carboxylic acid groups (broad SMARTS) is 1. The van der Waals surface area contributed by atoms with Crippen LogP contribution in [-0.4, -0.2) is 24.2 Å². The molecule has 0 radical (unpaired) electrons. The highest BCUT2D eigenvalue weighted by atomic mass is 16.4. The van der Waals surface area contributed by atoms with Gasteiger partial charge in [0, 0.05) is 0 Å². The lowest BCUT2D eigenvalue weighted by Crippen LogP contribution is -2.43. The van der Waals surface area contributed by atoms with Gasteiger partial charge < -0.3 is 10.4 Å². The number of hydrogen-bond donors (Lipinski definition) is 2. The second kappa shape index (κ2) is 3.05. The first-order chi connectivity index (χ1) is 5.75. The van der Waals surface area contributed by atoms with Crippen LogP contribution in [0.4, 0.5) is 0 Å². The third-order valence-corrected chi connectivity index (χ3v) is 3.12. The van der Waals surface area contributed by atoms with Crippen LogP contribution in [0.5, 0.6) is 0 Å². The van der Waals surface area contributed by atoms with Gasteiger partial charge in [0.2, 0.25) is 0 Å². The Morgan fingerprint density at radius 1 is 1.17 bits per heavy atom. The van der Waals surface area contributed by atoms with Crippen LogP contribution in [0.1, 0.15) is 19.3 Å². The van der Waals surface area contributed by atoms with Gasteiger partial charge in [-0.15, -0.1) is 0 Å². The Kier molecular flexibility index (Phi) is 2.05. The van der Waals surface area contributed by atoms with E-state index in [9.17, 15) is 4.79 Å². The SMILES string of the molecule is O=C(O)C1CC2CNCC(C2)C1. The van der Waals surface area contributed by atoms with Gasteiger partial charge in [0.05, 0.1) is 5.92 Å². The number of aliphatic carboxylic acids is 1. The summed E-state index contributed by atoms with van der Waals surface area (Å²) in [5, 5.41) is 12.2. The van der Waals surface area contributed by atoms with E-state index in [2.05, 4.69) is 5.32 Å². The lowest BCUT2D eigenvalue weighted by Gasteiger charge is -2.37. The Hall–Kier alpha value is -0.570. The minimum atomic E-state index is -0.591. The van der Waals surface area contributed by atoms with Gasteiger partial charge in [-0.3, -0.25) is 4.79 Å². The average Bonchev–Trinajstić information content (AvgIpc) is 2.03. The number of carbonyl (C=O) groups is 1. The molecule has 1 heterocycles. The fraction of sp³-hybridized carbons (Fsp3) is 0.889. The summed E-state index contributed by atoms with van der Waals surface area (Å²) in [5.74, 6) is 0.597. The van der Waals surface area contributed by atoms with Crippen molar-refractivity contribution >= 4 is 5.97 Å². The van der Waals surface area contributed by atoms with Crippen molar-refractivity contribution in [1.82, 2.24) is 5.32 Å². The van der Waals surface area contributed by atoms with E-state index in [1.807, 2.05) is 0 Å². The molecule has 1 aliphatic carbocycles. The van der Waals surface area contributed by atoms with E-state index in [4.69, 9.17) is 5.11 Å². The molecule has 0 aromatic carbocycles. The van der Waals surface area contributed by atoms with Crippen molar-refractivity contribution < 1.29 is 9.90 Å². The molecule has 0 aromatic rings. The predicted octanol–water partition coefficient (Wildman–Crippen LogP) is 0.707. The minimum Gasteiger partial charge on any atom is -0.481 e. The summed E-state index contributed by atoms with van der Waals surface area (Å²) in [5.41, 5.74) is 0. The molecule has 1 aliphatic heterocycles. The quantitative estimate of drug-likeness (QED) is 0.607. The van der Waals surface area contributed by atoms with Gasteiger partial charge in [0.1, 0.15) is 0 Å². The van der Waals surface area contributed by atoms with E-state index < -0.39 is 5.97 Å². The van der Waals surface area contributed by atoms with Crippen molar-refractivity contribution in [3.63, 3.8) is 0 Å². The largest absolute Gasteiger partial charge is 0.481 e. The number of fused-ring (bicyclic) bond motifs is 2. The maximum Gasteiger partial charge on any atom is 0.306 e. The van der Waals surface area contributed by atoms with Crippen LogP contribution in [0.2, 0.25) is 0 Å². The number of piperidine rings is 1. The van der Waals surface area contributed by atoms with Crippen LogP contribution in [0.25, 0.3) is 0 Å². The summed E-state index contributed by atoms with van der Waals surface area (Å²) in [6.45, 7) is 2.06. The number of rotatable bonds is 1. The van der Waals surface area contributed by atoms with E-state index in [0.29, 0.717) is 11.8 Å². The summed E-state index contributed by atoms with van der Waals surface area (Å²) in [7, 11) is 0. The van der Waals surface area contributed by atoms with Crippen LogP contribution in [0, 0.1) is 17.8 Å². The van der Waals surface area contributed by atoms with Crippen molar-refractivity contribution in [2.24, 2.45) is 17.8 Å². The molecule has 3 nitrogen and oxygen atoms in total. The van der Waals surface area contributed by atoms with Crippen molar-refractivity contribution in [1.29, 1.82) is 0 Å². The highest BCUT2D eigenvalue weighted by molar-refractivity contribution is 5.70. The molecular formula is C9H15NO2. The molecule has 2 atom stereocenters. The lowest BCUT2D eigenvalue weighted by molar-refractivity contribution is -0.144. The summed E-state index contributed by atoms with van der Waals surface area (Å²) in [6.07, 6.45) is 3.02. The molecule has 2 unspecified atom stereocenters. The molecule has 2 rings (SSSR count). The normalized spacial score (nSPS) is 40.8. The molecule has 3 heteroatoms. The standard InChI is InChI=1S/C9H15NO2/c11-9(12)8-2-6-1-7(3-8)5-10-4-6/h6-8,10H,1-5H2,(H,11,12). The Labute approximate surface area is 72.2 Å². The van der Waals surface area contributed by atoms with Gasteiger partial charge in [-0.2, -0.15) is 0 Å². The highest BCUT2D eigenvalue weighted by Gasteiger charge is 2.34. The van der Waals surface area contributed by atoms with Crippen LogP contribution in [0.15, 0.2) is 0 Å². The number of hydrogen-bond acceptors (Lipinski definition) is 2. The highest BCUT2D eigenvalue weighted by Crippen LogP contribution is 2.35. The van der Waals surface area contributed by atoms with E-state index in [0.717, 1.165) is 25.9 Å². The van der Waals surface area contributed by atoms with Crippen LogP contribution < -0.4 is 5.32 Å². The van der Waals surface area contributed by atoms with Gasteiger partial charge in [-0.1, -0.05) is 0 Å². The minimum absolute atomic E-state index is 0.0594. The van der Waals surface area contributed by atoms with Gasteiger partial charge >= 0.3 is 5.97 Å². The maximum atomic E-state index is 10.8. The topological polar surface area (TPSA) is 49.3 Å². The first kappa shape index (κ1) is 8.05. The van der Waals surface area contributed by atoms with Crippen LogP contribution in [-0.2, 0) is 4.79 Å². The smallest absolute Gasteiger partial charge is 0.306 e. The van der Waals surface area contributed by atoms with E-state index in [1.165, 1.54) is 6.42 Å². The van der Waals surface area contributed by atoms with Crippen molar-refractivity contribution in [2.45, 2.75) is 19.3 Å². The Morgan fingerprint density at radius 2 is 1.75 bits per heavy atom. The van der Waals surface area contributed by atoms with Crippen LogP contribution >= 0.6 is 0 Å². The second-order valence-electron chi connectivity index (χ2n) is 4.13. The Bertz CT molecular complexity index is 181. The van der Waals surface area contributed by atoms with Crippen molar-refractivity contribution in [2.75, 3.05) is 13.1 Å². The molecule has 0 spiro atoms. The molecule has 68 valence electrons. The zero-order valence-electron chi connectivity index (χ0n) is 7.12. The van der Waals surface area contributed by atoms with Crippen molar-refractivity contribution in [3.05, 3.63) is 0 Å². The molecule has 1 saturated carbocycles. The van der Waals surface area contributed by atoms with Crippen molar-refractivity contribution in [3.8, 4) is 0 Å². The lowest BCUT2D eigenvalue weighted by atomic mass is 9.73. The maximum absolute atomic E-state index is 10.8. The third kappa shape index (κ3) is 1.46. The molecule has 2 aliphatic rings. The molecule has 2 fully saturated rings. The first-order valence-corrected chi connectivity index (χ1v) is 4.69. The molecule has 2 N–H and O–H groups in total. The van der Waals surface area contributed by atoms with Gasteiger partial charge in [-0.25, -0.2) is 0 Å². The number of nitrogens with one attached hydrogen (secondary N) is 1. The van der Waals surface area contributed by atoms with E-state index in [1.54, 1.807) is 0 Å². The molecule has 12 heavy (non-hydrogen) atoms. The van der Waals surface area contributed by atoms with Crippen LogP contribution in [0.3, 0.4) is 0 Å². The molecule has 0 aromatic heterocycles. The Balaban J connectivity index is 2.00. The fourth-order valence-corrected chi connectivity index (χ4v) is 2.59. The number of carboxylic acids is 1. The van der Waals surface area contributed by atoms with Gasteiger partial charge in [-0.05, 0) is 44.2 Å². The van der Waals surface area contributed by atoms with Gasteiger partial charge in [0.25, 0.3) is 0 Å². The monoisotopic (exact) mass is 169 g/mol.